The maximum absolute atomic E-state index is 12.1. The summed E-state index contributed by atoms with van der Waals surface area (Å²) < 4.78 is 22.8. The molecule has 1 atom stereocenters. The molecule has 1 fully saturated rings. The SMILES string of the molecule is CC(C)CC(NC1CCS(=O)(=O)CC1)C(=O)N(C)C. The molecule has 6 heteroatoms. The standard InChI is InChI=1S/C13H26N2O3S/c1-10(2)9-12(13(16)15(3)4)14-11-5-7-19(17,18)8-6-11/h10-12,14H,5-9H2,1-4H3. The van der Waals surface area contributed by atoms with Gasteiger partial charge in [-0.05, 0) is 25.2 Å². The number of likely N-dealkylation sites (N-methyl/N-ethyl adjacent to an activating group) is 1. The van der Waals surface area contributed by atoms with Crippen molar-refractivity contribution < 1.29 is 13.2 Å². The fourth-order valence-electron chi connectivity index (χ4n) is 2.36. The third kappa shape index (κ3) is 5.48. The highest BCUT2D eigenvalue weighted by Crippen LogP contribution is 2.15. The highest BCUT2D eigenvalue weighted by atomic mass is 32.2. The first-order chi connectivity index (χ1) is 8.71. The third-order valence-corrected chi connectivity index (χ3v) is 5.15. The van der Waals surface area contributed by atoms with Crippen LogP contribution in [0.25, 0.3) is 0 Å². The van der Waals surface area contributed by atoms with Crippen LogP contribution in [0.1, 0.15) is 33.1 Å². The molecule has 0 aliphatic carbocycles. The van der Waals surface area contributed by atoms with Crippen molar-refractivity contribution in [1.29, 1.82) is 0 Å². The Morgan fingerprint density at radius 1 is 1.26 bits per heavy atom. The van der Waals surface area contributed by atoms with Gasteiger partial charge in [-0.1, -0.05) is 13.8 Å². The molecule has 1 unspecified atom stereocenters. The first-order valence-corrected chi connectivity index (χ1v) is 8.71. The van der Waals surface area contributed by atoms with Gasteiger partial charge in [-0.25, -0.2) is 8.42 Å². The van der Waals surface area contributed by atoms with Crippen LogP contribution in [-0.2, 0) is 14.6 Å². The summed E-state index contributed by atoms with van der Waals surface area (Å²) in [5.41, 5.74) is 0. The number of hydrogen-bond donors (Lipinski definition) is 1. The van der Waals surface area contributed by atoms with E-state index < -0.39 is 9.84 Å². The molecule has 1 aliphatic rings. The lowest BCUT2D eigenvalue weighted by Gasteiger charge is -2.30. The zero-order chi connectivity index (χ0) is 14.6. The molecule has 0 spiro atoms. The largest absolute Gasteiger partial charge is 0.347 e. The van der Waals surface area contributed by atoms with Gasteiger partial charge in [0.1, 0.15) is 9.84 Å². The van der Waals surface area contributed by atoms with Gasteiger partial charge in [0.25, 0.3) is 0 Å². The molecule has 0 radical (unpaired) electrons. The fourth-order valence-corrected chi connectivity index (χ4v) is 3.86. The Kier molecular flexibility index (Phi) is 5.80. The number of carbonyl (C=O) groups excluding carboxylic acids is 1. The summed E-state index contributed by atoms with van der Waals surface area (Å²) in [4.78, 5) is 13.7. The van der Waals surface area contributed by atoms with Crippen molar-refractivity contribution in [1.82, 2.24) is 10.2 Å². The minimum atomic E-state index is -2.85. The van der Waals surface area contributed by atoms with Gasteiger partial charge in [0.05, 0.1) is 17.5 Å². The number of rotatable bonds is 5. The van der Waals surface area contributed by atoms with Crippen LogP contribution < -0.4 is 5.32 Å². The van der Waals surface area contributed by atoms with Crippen LogP contribution in [0.2, 0.25) is 0 Å². The van der Waals surface area contributed by atoms with Crippen molar-refractivity contribution in [2.45, 2.75) is 45.2 Å². The lowest BCUT2D eigenvalue weighted by molar-refractivity contribution is -0.131. The van der Waals surface area contributed by atoms with Crippen LogP contribution in [0, 0.1) is 5.92 Å². The van der Waals surface area contributed by atoms with Crippen molar-refractivity contribution in [2.75, 3.05) is 25.6 Å². The number of nitrogens with one attached hydrogen (secondary N) is 1. The smallest absolute Gasteiger partial charge is 0.239 e. The fraction of sp³-hybridized carbons (Fsp3) is 0.923. The lowest BCUT2D eigenvalue weighted by Crippen LogP contribution is -2.50. The van der Waals surface area contributed by atoms with Gasteiger partial charge in [0.15, 0.2) is 0 Å². The average molecular weight is 290 g/mol. The Labute approximate surface area is 116 Å². The van der Waals surface area contributed by atoms with E-state index in [1.165, 1.54) is 0 Å². The van der Waals surface area contributed by atoms with Gasteiger partial charge in [-0.15, -0.1) is 0 Å². The minimum absolute atomic E-state index is 0.0714. The zero-order valence-corrected chi connectivity index (χ0v) is 13.2. The van der Waals surface area contributed by atoms with E-state index in [9.17, 15) is 13.2 Å². The summed E-state index contributed by atoms with van der Waals surface area (Å²) in [6.07, 6.45) is 2.00. The summed E-state index contributed by atoms with van der Waals surface area (Å²) in [6, 6.07) is -0.0722. The average Bonchev–Trinajstić information content (AvgIpc) is 2.29. The number of sulfone groups is 1. The van der Waals surface area contributed by atoms with Gasteiger partial charge in [-0.2, -0.15) is 0 Å². The summed E-state index contributed by atoms with van der Waals surface area (Å²) in [7, 11) is 0.659. The van der Waals surface area contributed by atoms with E-state index in [0.29, 0.717) is 18.8 Å². The summed E-state index contributed by atoms with van der Waals surface area (Å²) in [5.74, 6) is 0.959. The highest BCUT2D eigenvalue weighted by Gasteiger charge is 2.28. The molecular formula is C13H26N2O3S. The van der Waals surface area contributed by atoms with E-state index >= 15 is 0 Å². The molecule has 5 nitrogen and oxygen atoms in total. The van der Waals surface area contributed by atoms with E-state index in [1.807, 2.05) is 0 Å². The number of carbonyl (C=O) groups is 1. The van der Waals surface area contributed by atoms with Crippen molar-refractivity contribution in [2.24, 2.45) is 5.92 Å². The summed E-state index contributed by atoms with van der Waals surface area (Å²) in [5, 5.41) is 3.35. The monoisotopic (exact) mass is 290 g/mol. The highest BCUT2D eigenvalue weighted by molar-refractivity contribution is 7.91. The second kappa shape index (κ2) is 6.70. The predicted molar refractivity (Wildman–Crippen MR) is 76.7 cm³/mol. The Hall–Kier alpha value is -0.620. The molecule has 0 aromatic carbocycles. The molecule has 1 saturated heterocycles. The summed E-state index contributed by atoms with van der Waals surface area (Å²) >= 11 is 0. The van der Waals surface area contributed by atoms with E-state index in [-0.39, 0.29) is 29.5 Å². The molecule has 112 valence electrons. The van der Waals surface area contributed by atoms with Gasteiger partial charge >= 0.3 is 0 Å². The predicted octanol–water partition coefficient (Wildman–Crippen LogP) is 0.656. The Morgan fingerprint density at radius 3 is 2.21 bits per heavy atom. The van der Waals surface area contributed by atoms with Crippen LogP contribution in [0.3, 0.4) is 0 Å². The topological polar surface area (TPSA) is 66.5 Å². The molecule has 1 rings (SSSR count). The molecule has 1 N–H and O–H groups in total. The number of amides is 1. The van der Waals surface area contributed by atoms with Gasteiger partial charge in [0.2, 0.25) is 5.91 Å². The molecule has 0 bridgehead atoms. The molecule has 1 heterocycles. The van der Waals surface area contributed by atoms with E-state index in [1.54, 1.807) is 19.0 Å². The Bertz CT molecular complexity index is 390. The second-order valence-electron chi connectivity index (χ2n) is 6.01. The van der Waals surface area contributed by atoms with E-state index in [4.69, 9.17) is 0 Å². The first kappa shape index (κ1) is 16.4. The van der Waals surface area contributed by atoms with Crippen LogP contribution in [0.4, 0.5) is 0 Å². The minimum Gasteiger partial charge on any atom is -0.347 e. The number of nitrogens with zero attached hydrogens (tertiary/aromatic N) is 1. The van der Waals surface area contributed by atoms with Gasteiger partial charge < -0.3 is 10.2 Å². The number of hydrogen-bond acceptors (Lipinski definition) is 4. The van der Waals surface area contributed by atoms with Crippen LogP contribution in [-0.4, -0.2) is 56.9 Å². The molecular weight excluding hydrogens is 264 g/mol. The van der Waals surface area contributed by atoms with Crippen LogP contribution in [0.5, 0.6) is 0 Å². The molecule has 0 aromatic rings. The second-order valence-corrected chi connectivity index (χ2v) is 8.31. The molecule has 0 saturated carbocycles. The third-order valence-electron chi connectivity index (χ3n) is 3.44. The van der Waals surface area contributed by atoms with E-state index in [0.717, 1.165) is 6.42 Å². The van der Waals surface area contributed by atoms with Gasteiger partial charge in [0, 0.05) is 20.1 Å². The zero-order valence-electron chi connectivity index (χ0n) is 12.3. The maximum Gasteiger partial charge on any atom is 0.239 e. The molecule has 19 heavy (non-hydrogen) atoms. The van der Waals surface area contributed by atoms with Crippen molar-refractivity contribution >= 4 is 15.7 Å². The Morgan fingerprint density at radius 2 is 1.79 bits per heavy atom. The Balaban J connectivity index is 2.60. The molecule has 1 aliphatic heterocycles. The quantitative estimate of drug-likeness (QED) is 0.807. The lowest BCUT2D eigenvalue weighted by atomic mass is 10.0. The molecule has 0 aromatic heterocycles. The summed E-state index contributed by atoms with van der Waals surface area (Å²) in [6.45, 7) is 4.17. The van der Waals surface area contributed by atoms with Crippen LogP contribution in [0.15, 0.2) is 0 Å². The maximum atomic E-state index is 12.1. The van der Waals surface area contributed by atoms with Crippen molar-refractivity contribution in [3.8, 4) is 0 Å². The van der Waals surface area contributed by atoms with Crippen molar-refractivity contribution in [3.05, 3.63) is 0 Å². The van der Waals surface area contributed by atoms with Crippen LogP contribution >= 0.6 is 0 Å². The normalized spacial score (nSPS) is 21.3. The van der Waals surface area contributed by atoms with Gasteiger partial charge in [-0.3, -0.25) is 4.79 Å². The van der Waals surface area contributed by atoms with E-state index in [2.05, 4.69) is 19.2 Å². The first-order valence-electron chi connectivity index (χ1n) is 6.89. The molecule has 1 amide bonds. The van der Waals surface area contributed by atoms with Crippen molar-refractivity contribution in [3.63, 3.8) is 0 Å².